The minimum Gasteiger partial charge on any atom is -0.497 e. The number of anilines is 1. The molecule has 2 saturated heterocycles. The van der Waals surface area contributed by atoms with Crippen molar-refractivity contribution in [2.75, 3.05) is 25.6 Å². The molecule has 2 fully saturated rings. The van der Waals surface area contributed by atoms with E-state index in [9.17, 15) is 4.39 Å². The third kappa shape index (κ3) is 4.01. The van der Waals surface area contributed by atoms with Crippen LogP contribution in [0.15, 0.2) is 48.5 Å². The molecule has 0 radical (unpaired) electrons. The monoisotopic (exact) mass is 456 g/mol. The quantitative estimate of drug-likeness (QED) is 0.560. The molecule has 2 aromatic carbocycles. The van der Waals surface area contributed by atoms with Gasteiger partial charge in [0.15, 0.2) is 10.9 Å². The van der Waals surface area contributed by atoms with Gasteiger partial charge in [0.05, 0.1) is 26.4 Å². The van der Waals surface area contributed by atoms with Gasteiger partial charge in [-0.05, 0) is 59.0 Å². The molecule has 4 atom stereocenters. The van der Waals surface area contributed by atoms with E-state index in [2.05, 4.69) is 26.2 Å². The maximum atomic E-state index is 13.1. The number of halogens is 1. The Balaban J connectivity index is 1.27. The highest BCUT2D eigenvalue weighted by Gasteiger charge is 2.49. The summed E-state index contributed by atoms with van der Waals surface area (Å²) in [5.41, 5.74) is 1.54. The lowest BCUT2D eigenvalue weighted by Gasteiger charge is -2.20. The molecule has 0 aliphatic carbocycles. The molecule has 0 spiro atoms. The van der Waals surface area contributed by atoms with E-state index in [1.54, 1.807) is 23.9 Å². The first-order valence-corrected chi connectivity index (χ1v) is 10.5. The Hall–Kier alpha value is -3.15. The zero-order chi connectivity index (χ0) is 22.1. The fourth-order valence-electron chi connectivity index (χ4n) is 4.05. The molecule has 9 nitrogen and oxygen atoms in total. The molecule has 3 heterocycles. The molecule has 3 aromatic rings. The molecule has 0 amide bonds. The topological polar surface area (TPSA) is 95.4 Å². The Bertz CT molecular complexity index is 1110. The lowest BCUT2D eigenvalue weighted by atomic mass is 10.1. The smallest absolute Gasteiger partial charge is 0.182 e. The molecule has 4 unspecified atom stereocenters. The molecule has 32 heavy (non-hydrogen) atoms. The Morgan fingerprint density at radius 1 is 1.16 bits per heavy atom. The van der Waals surface area contributed by atoms with Crippen LogP contribution in [0.1, 0.15) is 6.04 Å². The van der Waals surface area contributed by atoms with E-state index in [4.69, 9.17) is 26.4 Å². The highest BCUT2D eigenvalue weighted by atomic mass is 32.1. The summed E-state index contributed by atoms with van der Waals surface area (Å²) in [5.74, 6) is 1.04. The number of nitrogens with one attached hydrogen (secondary N) is 2. The van der Waals surface area contributed by atoms with Crippen molar-refractivity contribution in [1.29, 1.82) is 0 Å². The first kappa shape index (κ1) is 20.7. The zero-order valence-corrected chi connectivity index (χ0v) is 18.0. The molecule has 2 aliphatic rings. The maximum absolute atomic E-state index is 13.1. The third-order valence-electron chi connectivity index (χ3n) is 5.58. The standard InChI is InChI=1S/C21H21FN6O3S/c1-29-15-4-2-3-12(9-15)20-25-26-27-28(20)17-11-31-18-16(10-30-19(17)18)24-21(32)23-14-7-5-13(22)6-8-14/h2-9,16-19H,10-11H2,1H3,(H2,23,24,32). The van der Waals surface area contributed by atoms with Crippen LogP contribution in [-0.4, -0.2) is 63.9 Å². The van der Waals surface area contributed by atoms with E-state index in [0.29, 0.717) is 29.8 Å². The van der Waals surface area contributed by atoms with Crippen LogP contribution < -0.4 is 15.4 Å². The van der Waals surface area contributed by atoms with Gasteiger partial charge in [0.1, 0.15) is 29.8 Å². The Morgan fingerprint density at radius 2 is 1.97 bits per heavy atom. The van der Waals surface area contributed by atoms with Gasteiger partial charge in [-0.1, -0.05) is 12.1 Å². The Labute approximate surface area is 188 Å². The molecule has 0 saturated carbocycles. The summed E-state index contributed by atoms with van der Waals surface area (Å²) in [5, 5.41) is 19.0. The van der Waals surface area contributed by atoms with Crippen molar-refractivity contribution in [2.45, 2.75) is 24.3 Å². The van der Waals surface area contributed by atoms with Crippen LogP contribution in [-0.2, 0) is 9.47 Å². The molecule has 2 aliphatic heterocycles. The number of hydrogen-bond donors (Lipinski definition) is 2. The molecule has 1 aromatic heterocycles. The number of benzene rings is 2. The summed E-state index contributed by atoms with van der Waals surface area (Å²) < 4.78 is 32.3. The van der Waals surface area contributed by atoms with Gasteiger partial charge in [-0.3, -0.25) is 0 Å². The van der Waals surface area contributed by atoms with Gasteiger partial charge in [0.25, 0.3) is 0 Å². The van der Waals surface area contributed by atoms with E-state index in [1.807, 2.05) is 24.3 Å². The average Bonchev–Trinajstić information content (AvgIpc) is 3.53. The fraction of sp³-hybridized carbons (Fsp3) is 0.333. The second-order valence-corrected chi connectivity index (χ2v) is 7.96. The van der Waals surface area contributed by atoms with Crippen molar-refractivity contribution in [1.82, 2.24) is 25.5 Å². The number of ether oxygens (including phenoxy) is 3. The number of methoxy groups -OCH3 is 1. The van der Waals surface area contributed by atoms with Gasteiger partial charge in [0, 0.05) is 11.3 Å². The number of aromatic nitrogens is 4. The molecule has 0 bridgehead atoms. The predicted molar refractivity (Wildman–Crippen MR) is 118 cm³/mol. The minimum atomic E-state index is -0.303. The summed E-state index contributed by atoms with van der Waals surface area (Å²) in [6.45, 7) is 0.835. The Morgan fingerprint density at radius 3 is 2.78 bits per heavy atom. The van der Waals surface area contributed by atoms with Crippen molar-refractivity contribution in [3.05, 3.63) is 54.3 Å². The van der Waals surface area contributed by atoms with Crippen LogP contribution in [0.25, 0.3) is 11.4 Å². The lowest BCUT2D eigenvalue weighted by Crippen LogP contribution is -2.45. The molecule has 166 valence electrons. The fourth-order valence-corrected chi connectivity index (χ4v) is 4.32. The minimum absolute atomic E-state index is 0.137. The van der Waals surface area contributed by atoms with Gasteiger partial charge in [0.2, 0.25) is 0 Å². The van der Waals surface area contributed by atoms with Crippen LogP contribution in [0.2, 0.25) is 0 Å². The third-order valence-corrected chi connectivity index (χ3v) is 5.80. The number of fused-ring (bicyclic) bond motifs is 1. The van der Waals surface area contributed by atoms with E-state index >= 15 is 0 Å². The van der Waals surface area contributed by atoms with Crippen molar-refractivity contribution >= 4 is 23.0 Å². The Kier molecular flexibility index (Phi) is 5.68. The zero-order valence-electron chi connectivity index (χ0n) is 17.1. The first-order chi connectivity index (χ1) is 15.6. The van der Waals surface area contributed by atoms with Crippen molar-refractivity contribution in [3.8, 4) is 17.1 Å². The van der Waals surface area contributed by atoms with Crippen LogP contribution in [0.4, 0.5) is 10.1 Å². The first-order valence-electron chi connectivity index (χ1n) is 10.1. The van der Waals surface area contributed by atoms with Crippen molar-refractivity contribution in [2.24, 2.45) is 0 Å². The van der Waals surface area contributed by atoms with Crippen molar-refractivity contribution < 1.29 is 18.6 Å². The largest absolute Gasteiger partial charge is 0.497 e. The molecular weight excluding hydrogens is 435 g/mol. The average molecular weight is 457 g/mol. The van der Waals surface area contributed by atoms with Crippen LogP contribution in [0, 0.1) is 5.82 Å². The van der Waals surface area contributed by atoms with Gasteiger partial charge in [-0.2, -0.15) is 0 Å². The van der Waals surface area contributed by atoms with E-state index < -0.39 is 0 Å². The van der Waals surface area contributed by atoms with Gasteiger partial charge in [-0.15, -0.1) is 5.10 Å². The highest BCUT2D eigenvalue weighted by Crippen LogP contribution is 2.36. The predicted octanol–water partition coefficient (Wildman–Crippen LogP) is 2.18. The summed E-state index contributed by atoms with van der Waals surface area (Å²) >= 11 is 5.41. The molecular formula is C21H21FN6O3S. The summed E-state index contributed by atoms with van der Waals surface area (Å²) in [4.78, 5) is 0. The van der Waals surface area contributed by atoms with Crippen LogP contribution in [0.5, 0.6) is 5.75 Å². The number of thiocarbonyl (C=S) groups is 1. The van der Waals surface area contributed by atoms with Gasteiger partial charge in [-0.25, -0.2) is 9.07 Å². The second-order valence-electron chi connectivity index (χ2n) is 7.55. The SMILES string of the molecule is COc1cccc(-c2nnnn2C2COC3C(NC(=S)Nc4ccc(F)cc4)COC32)c1. The maximum Gasteiger partial charge on any atom is 0.182 e. The number of nitrogens with zero attached hydrogens (tertiary/aromatic N) is 4. The highest BCUT2D eigenvalue weighted by molar-refractivity contribution is 7.80. The van der Waals surface area contributed by atoms with Gasteiger partial charge < -0.3 is 24.8 Å². The second kappa shape index (κ2) is 8.77. The molecule has 11 heteroatoms. The normalized spacial score (nSPS) is 24.2. The number of tetrazole rings is 1. The summed E-state index contributed by atoms with van der Waals surface area (Å²) in [6, 6.07) is 13.2. The van der Waals surface area contributed by atoms with Crippen molar-refractivity contribution in [3.63, 3.8) is 0 Å². The molecule has 2 N–H and O–H groups in total. The molecule has 5 rings (SSSR count). The van der Waals surface area contributed by atoms with Crippen LogP contribution in [0.3, 0.4) is 0 Å². The lowest BCUT2D eigenvalue weighted by molar-refractivity contribution is 0.0626. The van der Waals surface area contributed by atoms with E-state index in [0.717, 1.165) is 11.3 Å². The summed E-state index contributed by atoms with van der Waals surface area (Å²) in [6.07, 6.45) is -0.440. The van der Waals surface area contributed by atoms with E-state index in [1.165, 1.54) is 12.1 Å². The van der Waals surface area contributed by atoms with E-state index in [-0.39, 0.29) is 30.1 Å². The van der Waals surface area contributed by atoms with Gasteiger partial charge >= 0.3 is 0 Å². The summed E-state index contributed by atoms with van der Waals surface area (Å²) in [7, 11) is 1.62. The van der Waals surface area contributed by atoms with Crippen LogP contribution >= 0.6 is 12.2 Å². The number of rotatable bonds is 5. The number of hydrogen-bond acceptors (Lipinski definition) is 7.